The molecule has 0 bridgehead atoms. The minimum absolute atomic E-state index is 0.462. The molecule has 0 atom stereocenters. The number of hydrogen-bond donors (Lipinski definition) is 0. The SMILES string of the molecule is CC(C)=CCC/C(C)=C/CCC(C)=CCC/C(C)=C\COC(OC/C=C(/C)CCC=C(C)CC/C=C(\C)CCC=C(C)C)OC/C=C(/C)CCC=C(C)CC/C=C(\C)CCC=C(C)C. The second-order valence-electron chi connectivity index (χ2n) is 19.4. The van der Waals surface area contributed by atoms with Crippen molar-refractivity contribution in [1.82, 2.24) is 0 Å². The molecule has 0 aromatic heterocycles. The Hall–Kier alpha value is -3.24. The summed E-state index contributed by atoms with van der Waals surface area (Å²) in [6.07, 6.45) is 47.8. The van der Waals surface area contributed by atoms with Crippen molar-refractivity contribution < 1.29 is 14.2 Å². The van der Waals surface area contributed by atoms with Gasteiger partial charge in [-0.15, -0.1) is 0 Å². The molecule has 0 N–H and O–H groups in total. The molecular weight excluding hydrogens is 781 g/mol. The molecule has 64 heavy (non-hydrogen) atoms. The van der Waals surface area contributed by atoms with E-state index in [4.69, 9.17) is 14.2 Å². The van der Waals surface area contributed by atoms with Crippen LogP contribution in [-0.2, 0) is 14.2 Å². The van der Waals surface area contributed by atoms with Gasteiger partial charge < -0.3 is 14.2 Å². The molecule has 0 rings (SSSR count). The average Bonchev–Trinajstić information content (AvgIpc) is 3.20. The largest absolute Gasteiger partial charge is 0.326 e. The molecule has 0 saturated heterocycles. The molecule has 3 nitrogen and oxygen atoms in total. The predicted molar refractivity (Wildman–Crippen MR) is 287 cm³/mol. The Morgan fingerprint density at radius 1 is 0.234 bits per heavy atom. The fourth-order valence-electron chi connectivity index (χ4n) is 6.91. The van der Waals surface area contributed by atoms with Gasteiger partial charge in [0, 0.05) is 0 Å². The smallest absolute Gasteiger partial charge is 0.272 e. The first-order valence-corrected chi connectivity index (χ1v) is 25.1. The highest BCUT2D eigenvalue weighted by molar-refractivity contribution is 5.10. The zero-order valence-corrected chi connectivity index (χ0v) is 44.6. The Morgan fingerprint density at radius 3 is 0.562 bits per heavy atom. The fraction of sp³-hybridized carbons (Fsp3) is 0.607. The second-order valence-corrected chi connectivity index (χ2v) is 19.4. The van der Waals surface area contributed by atoms with Crippen molar-refractivity contribution in [2.75, 3.05) is 19.8 Å². The highest BCUT2D eigenvalue weighted by Crippen LogP contribution is 2.17. The second kappa shape index (κ2) is 40.1. The van der Waals surface area contributed by atoms with Crippen molar-refractivity contribution in [3.8, 4) is 0 Å². The van der Waals surface area contributed by atoms with Gasteiger partial charge in [-0.05, 0) is 219 Å². The van der Waals surface area contributed by atoms with Crippen LogP contribution in [-0.4, -0.2) is 26.3 Å². The number of allylic oxidation sites excluding steroid dienone is 21. The van der Waals surface area contributed by atoms with Crippen LogP contribution < -0.4 is 0 Å². The zero-order valence-electron chi connectivity index (χ0n) is 44.6. The van der Waals surface area contributed by atoms with Gasteiger partial charge in [0.25, 0.3) is 6.48 Å². The Bertz CT molecular complexity index is 1450. The van der Waals surface area contributed by atoms with Gasteiger partial charge in [0.05, 0.1) is 19.8 Å². The summed E-state index contributed by atoms with van der Waals surface area (Å²) in [4.78, 5) is 0. The Morgan fingerprint density at radius 2 is 0.391 bits per heavy atom. The van der Waals surface area contributed by atoms with E-state index >= 15 is 0 Å². The van der Waals surface area contributed by atoms with Crippen molar-refractivity contribution >= 4 is 0 Å². The molecule has 0 aliphatic heterocycles. The maximum atomic E-state index is 6.18. The number of rotatable bonds is 36. The molecular formula is C61H100O3. The van der Waals surface area contributed by atoms with Crippen molar-refractivity contribution in [2.45, 2.75) is 226 Å². The van der Waals surface area contributed by atoms with Gasteiger partial charge >= 0.3 is 0 Å². The van der Waals surface area contributed by atoms with Crippen molar-refractivity contribution in [1.29, 1.82) is 0 Å². The van der Waals surface area contributed by atoms with Crippen LogP contribution in [0.2, 0.25) is 0 Å². The third-order valence-corrected chi connectivity index (χ3v) is 11.5. The Balaban J connectivity index is 5.21. The quantitative estimate of drug-likeness (QED) is 0.0464. The molecule has 0 amide bonds. The number of ether oxygens (including phenoxy) is 3. The summed E-state index contributed by atoms with van der Waals surface area (Å²) in [5, 5.41) is 0. The van der Waals surface area contributed by atoms with E-state index in [-0.39, 0.29) is 0 Å². The summed E-state index contributed by atoms with van der Waals surface area (Å²) in [6, 6.07) is 0. The van der Waals surface area contributed by atoms with Gasteiger partial charge in [-0.2, -0.15) is 0 Å². The average molecular weight is 881 g/mol. The van der Waals surface area contributed by atoms with E-state index in [9.17, 15) is 0 Å². The van der Waals surface area contributed by atoms with E-state index in [1.807, 2.05) is 0 Å². The molecule has 0 aliphatic rings. The molecule has 0 saturated carbocycles. The summed E-state index contributed by atoms with van der Waals surface area (Å²) in [6.45, 7) is 33.9. The Kier molecular flexibility index (Phi) is 38.0. The highest BCUT2D eigenvalue weighted by atomic mass is 16.8. The van der Waals surface area contributed by atoms with Gasteiger partial charge in [0.15, 0.2) is 0 Å². The highest BCUT2D eigenvalue weighted by Gasteiger charge is 2.09. The lowest BCUT2D eigenvalue weighted by atomic mass is 10.0. The van der Waals surface area contributed by atoms with E-state index in [1.54, 1.807) is 0 Å². The number of hydrogen-bond acceptors (Lipinski definition) is 3. The minimum atomic E-state index is -0.723. The fourth-order valence-corrected chi connectivity index (χ4v) is 6.91. The van der Waals surface area contributed by atoms with Crippen LogP contribution in [0.1, 0.15) is 219 Å². The Labute approximate surface area is 398 Å². The van der Waals surface area contributed by atoms with Gasteiger partial charge in [-0.25, -0.2) is 0 Å². The van der Waals surface area contributed by atoms with Gasteiger partial charge in [0.1, 0.15) is 0 Å². The van der Waals surface area contributed by atoms with Crippen molar-refractivity contribution in [3.63, 3.8) is 0 Å². The van der Waals surface area contributed by atoms with Crippen LogP contribution in [0.4, 0.5) is 0 Å². The molecule has 3 heteroatoms. The molecule has 0 radical (unpaired) electrons. The van der Waals surface area contributed by atoms with E-state index in [0.717, 1.165) is 116 Å². The zero-order chi connectivity index (χ0) is 48.0. The lowest BCUT2D eigenvalue weighted by molar-refractivity contribution is -0.275. The van der Waals surface area contributed by atoms with Crippen LogP contribution in [0.25, 0.3) is 0 Å². The van der Waals surface area contributed by atoms with Crippen molar-refractivity contribution in [3.05, 3.63) is 140 Å². The van der Waals surface area contributed by atoms with E-state index in [0.29, 0.717) is 19.8 Å². The monoisotopic (exact) mass is 881 g/mol. The maximum Gasteiger partial charge on any atom is 0.272 e. The summed E-state index contributed by atoms with van der Waals surface area (Å²) in [5.74, 6) is 0. The molecule has 362 valence electrons. The lowest BCUT2D eigenvalue weighted by Gasteiger charge is -2.17. The van der Waals surface area contributed by atoms with Crippen LogP contribution in [0.5, 0.6) is 0 Å². The van der Waals surface area contributed by atoms with E-state index in [2.05, 4.69) is 177 Å². The normalized spacial score (nSPS) is 14.6. The summed E-state index contributed by atoms with van der Waals surface area (Å²) < 4.78 is 18.5. The van der Waals surface area contributed by atoms with E-state index < -0.39 is 6.48 Å². The topological polar surface area (TPSA) is 27.7 Å². The summed E-state index contributed by atoms with van der Waals surface area (Å²) >= 11 is 0. The van der Waals surface area contributed by atoms with Gasteiger partial charge in [-0.3, -0.25) is 0 Å². The molecule has 0 aromatic rings. The standard InChI is InChI=1S/C61H100O3/c1-49(2)25-16-28-52(7)31-19-34-55(10)37-22-40-58(13)43-46-62-61(63-47-44-59(14)41-23-38-56(11)35-20-32-53(8)29-17-26-50(3)4)64-48-45-60(15)42-24-39-57(12)36-21-33-54(9)30-18-27-51(5)6/h25-27,31-33,37-39,43-45,61H,16-24,28-30,34-36,40-42,46-48H2,1-15H3/b52-31+,53-32+,54-33+,55-37?,56-38?,57-39?,58-43-,59-44-,60-45-. The third kappa shape index (κ3) is 41.5. The van der Waals surface area contributed by atoms with Gasteiger partial charge in [-0.1, -0.05) is 140 Å². The molecule has 0 unspecified atom stereocenters. The summed E-state index contributed by atoms with van der Waals surface area (Å²) in [7, 11) is 0. The van der Waals surface area contributed by atoms with Crippen LogP contribution in [0, 0.1) is 0 Å². The molecule has 0 spiro atoms. The first kappa shape index (κ1) is 60.8. The molecule has 0 aromatic carbocycles. The van der Waals surface area contributed by atoms with E-state index in [1.165, 1.54) is 66.9 Å². The summed E-state index contributed by atoms with van der Waals surface area (Å²) in [5.41, 5.74) is 17.1. The molecule has 0 fully saturated rings. The third-order valence-electron chi connectivity index (χ3n) is 11.5. The van der Waals surface area contributed by atoms with Crippen LogP contribution in [0.3, 0.4) is 0 Å². The van der Waals surface area contributed by atoms with Crippen molar-refractivity contribution in [2.24, 2.45) is 0 Å². The molecule has 0 heterocycles. The maximum absolute atomic E-state index is 6.18. The van der Waals surface area contributed by atoms with Crippen LogP contribution >= 0.6 is 0 Å². The molecule has 0 aliphatic carbocycles. The van der Waals surface area contributed by atoms with Crippen LogP contribution in [0.15, 0.2) is 140 Å². The predicted octanol–water partition coefficient (Wildman–Crippen LogP) is 19.8. The lowest BCUT2D eigenvalue weighted by Crippen LogP contribution is -2.22. The minimum Gasteiger partial charge on any atom is -0.326 e. The first-order valence-electron chi connectivity index (χ1n) is 25.1. The first-order chi connectivity index (χ1) is 30.5. The van der Waals surface area contributed by atoms with Gasteiger partial charge in [0.2, 0.25) is 0 Å².